The van der Waals surface area contributed by atoms with Crippen LogP contribution >= 0.6 is 0 Å². The molecule has 1 heterocycles. The Kier molecular flexibility index (Phi) is 6.66. The highest BCUT2D eigenvalue weighted by molar-refractivity contribution is 5.45. The Morgan fingerprint density at radius 1 is 1.41 bits per heavy atom. The van der Waals surface area contributed by atoms with Gasteiger partial charge in [-0.15, -0.1) is 0 Å². The maximum Gasteiger partial charge on any atom is 0.136 e. The smallest absolute Gasteiger partial charge is 0.136 e. The van der Waals surface area contributed by atoms with Gasteiger partial charge in [-0.1, -0.05) is 6.07 Å². The van der Waals surface area contributed by atoms with Gasteiger partial charge in [0.15, 0.2) is 0 Å². The Morgan fingerprint density at radius 3 is 2.86 bits per heavy atom. The summed E-state index contributed by atoms with van der Waals surface area (Å²) < 4.78 is 5.14. The molecule has 2 N–H and O–H groups in total. The molecule has 1 aliphatic heterocycles. The molecular weight excluding hydrogens is 278 g/mol. The Labute approximate surface area is 132 Å². The molecule has 0 aliphatic carbocycles. The van der Waals surface area contributed by atoms with E-state index < -0.39 is 0 Å². The van der Waals surface area contributed by atoms with Crippen LogP contribution in [0.25, 0.3) is 0 Å². The summed E-state index contributed by atoms with van der Waals surface area (Å²) in [5.41, 5.74) is 1.67. The van der Waals surface area contributed by atoms with Crippen LogP contribution in [0.2, 0.25) is 0 Å². The molecule has 0 saturated carbocycles. The zero-order chi connectivity index (χ0) is 15.8. The monoisotopic (exact) mass is 303 g/mol. The highest BCUT2D eigenvalue weighted by Crippen LogP contribution is 2.18. The minimum Gasteiger partial charge on any atom is -0.495 e. The molecule has 1 aromatic rings. The Morgan fingerprint density at radius 2 is 2.18 bits per heavy atom. The number of hydrogen-bond donors (Lipinski definition) is 2. The molecule has 1 fully saturated rings. The predicted molar refractivity (Wildman–Crippen MR) is 85.7 cm³/mol. The van der Waals surface area contributed by atoms with Gasteiger partial charge in [0, 0.05) is 19.6 Å². The summed E-state index contributed by atoms with van der Waals surface area (Å²) in [6.45, 7) is 4.80. The van der Waals surface area contributed by atoms with Gasteiger partial charge in [-0.25, -0.2) is 0 Å². The Bertz CT molecular complexity index is 505. The summed E-state index contributed by atoms with van der Waals surface area (Å²) in [5, 5.41) is 22.0. The van der Waals surface area contributed by atoms with Gasteiger partial charge in [0.2, 0.25) is 0 Å². The first kappa shape index (κ1) is 16.8. The highest BCUT2D eigenvalue weighted by atomic mass is 16.5. The number of piperidine rings is 1. The third kappa shape index (κ3) is 4.99. The number of aliphatic hydroxyl groups is 1. The molecule has 5 nitrogen and oxygen atoms in total. The van der Waals surface area contributed by atoms with Crippen molar-refractivity contribution in [3.8, 4) is 11.8 Å². The first-order valence-electron chi connectivity index (χ1n) is 7.91. The van der Waals surface area contributed by atoms with Crippen molar-refractivity contribution < 1.29 is 9.84 Å². The van der Waals surface area contributed by atoms with E-state index in [0.717, 1.165) is 57.5 Å². The molecule has 1 aliphatic rings. The van der Waals surface area contributed by atoms with Crippen molar-refractivity contribution >= 4 is 0 Å². The molecule has 0 spiro atoms. The SMILES string of the molecule is COc1ccc(CNCCCN2CCC(O)CC2)cc1C#N. The lowest BCUT2D eigenvalue weighted by molar-refractivity contribution is 0.0821. The normalized spacial score (nSPS) is 16.4. The molecule has 0 atom stereocenters. The summed E-state index contributed by atoms with van der Waals surface area (Å²) in [5.74, 6) is 0.624. The molecule has 1 saturated heterocycles. The highest BCUT2D eigenvalue weighted by Gasteiger charge is 2.15. The van der Waals surface area contributed by atoms with Crippen molar-refractivity contribution in [1.82, 2.24) is 10.2 Å². The molecule has 22 heavy (non-hydrogen) atoms. The van der Waals surface area contributed by atoms with Crippen LogP contribution in [0.5, 0.6) is 5.75 Å². The predicted octanol–water partition coefficient (Wildman–Crippen LogP) is 1.50. The van der Waals surface area contributed by atoms with Crippen molar-refractivity contribution in [2.75, 3.05) is 33.3 Å². The second-order valence-electron chi connectivity index (χ2n) is 5.75. The van der Waals surface area contributed by atoms with Crippen LogP contribution in [-0.2, 0) is 6.54 Å². The molecule has 0 radical (unpaired) electrons. The number of rotatable bonds is 7. The van der Waals surface area contributed by atoms with Gasteiger partial charge in [-0.2, -0.15) is 5.26 Å². The lowest BCUT2D eigenvalue weighted by Crippen LogP contribution is -2.37. The number of hydrogen-bond acceptors (Lipinski definition) is 5. The number of nitrogens with zero attached hydrogens (tertiary/aromatic N) is 2. The Balaban J connectivity index is 1.65. The molecule has 0 aromatic heterocycles. The number of nitrogens with one attached hydrogen (secondary N) is 1. The molecule has 0 unspecified atom stereocenters. The number of nitriles is 1. The van der Waals surface area contributed by atoms with E-state index >= 15 is 0 Å². The third-order valence-electron chi connectivity index (χ3n) is 4.10. The van der Waals surface area contributed by atoms with E-state index in [4.69, 9.17) is 10.00 Å². The third-order valence-corrected chi connectivity index (χ3v) is 4.10. The van der Waals surface area contributed by atoms with Gasteiger partial charge >= 0.3 is 0 Å². The van der Waals surface area contributed by atoms with E-state index in [1.165, 1.54) is 0 Å². The van der Waals surface area contributed by atoms with E-state index in [1.54, 1.807) is 7.11 Å². The topological polar surface area (TPSA) is 68.5 Å². The van der Waals surface area contributed by atoms with Crippen molar-refractivity contribution in [2.45, 2.75) is 31.9 Å². The zero-order valence-electron chi connectivity index (χ0n) is 13.2. The van der Waals surface area contributed by atoms with Crippen LogP contribution in [0.4, 0.5) is 0 Å². The van der Waals surface area contributed by atoms with Gasteiger partial charge in [0.1, 0.15) is 11.8 Å². The van der Waals surface area contributed by atoms with E-state index in [2.05, 4.69) is 16.3 Å². The maximum absolute atomic E-state index is 9.47. The summed E-state index contributed by atoms with van der Waals surface area (Å²) in [7, 11) is 1.58. The minimum atomic E-state index is -0.0984. The fraction of sp³-hybridized carbons (Fsp3) is 0.588. The van der Waals surface area contributed by atoms with Gasteiger partial charge in [-0.3, -0.25) is 0 Å². The first-order valence-corrected chi connectivity index (χ1v) is 7.91. The second-order valence-corrected chi connectivity index (χ2v) is 5.75. The van der Waals surface area contributed by atoms with Crippen molar-refractivity contribution in [1.29, 1.82) is 5.26 Å². The van der Waals surface area contributed by atoms with Gasteiger partial charge in [0.05, 0.1) is 18.8 Å². The van der Waals surface area contributed by atoms with Crippen molar-refractivity contribution in [2.24, 2.45) is 0 Å². The molecular formula is C17H25N3O2. The summed E-state index contributed by atoms with van der Waals surface area (Å²) in [4.78, 5) is 2.41. The molecule has 0 bridgehead atoms. The second kappa shape index (κ2) is 8.74. The Hall–Kier alpha value is -1.61. The van der Waals surface area contributed by atoms with Crippen LogP contribution in [0, 0.1) is 11.3 Å². The van der Waals surface area contributed by atoms with E-state index in [1.807, 2.05) is 18.2 Å². The number of benzene rings is 1. The fourth-order valence-corrected chi connectivity index (χ4v) is 2.76. The van der Waals surface area contributed by atoms with Crippen LogP contribution in [-0.4, -0.2) is 49.4 Å². The van der Waals surface area contributed by atoms with Gasteiger partial charge in [-0.05, 0) is 50.0 Å². The van der Waals surface area contributed by atoms with Gasteiger partial charge < -0.3 is 20.1 Å². The molecule has 5 heteroatoms. The lowest BCUT2D eigenvalue weighted by Gasteiger charge is -2.29. The number of likely N-dealkylation sites (tertiary alicyclic amines) is 1. The quantitative estimate of drug-likeness (QED) is 0.747. The standard InChI is InChI=1S/C17H25N3O2/c1-22-17-4-3-14(11-15(17)12-18)13-19-7-2-8-20-9-5-16(21)6-10-20/h3-4,11,16,19,21H,2,5-10,13H2,1H3. The van der Waals surface area contributed by atoms with E-state index in [0.29, 0.717) is 11.3 Å². The molecule has 2 rings (SSSR count). The zero-order valence-corrected chi connectivity index (χ0v) is 13.2. The van der Waals surface area contributed by atoms with Crippen LogP contribution < -0.4 is 10.1 Å². The van der Waals surface area contributed by atoms with E-state index in [-0.39, 0.29) is 6.10 Å². The first-order chi connectivity index (χ1) is 10.7. The largest absolute Gasteiger partial charge is 0.495 e. The summed E-state index contributed by atoms with van der Waals surface area (Å²) in [6, 6.07) is 7.85. The average molecular weight is 303 g/mol. The van der Waals surface area contributed by atoms with Crippen LogP contribution in [0.15, 0.2) is 18.2 Å². The van der Waals surface area contributed by atoms with Gasteiger partial charge in [0.25, 0.3) is 0 Å². The molecule has 0 amide bonds. The summed E-state index contributed by atoms with van der Waals surface area (Å²) >= 11 is 0. The molecule has 120 valence electrons. The lowest BCUT2D eigenvalue weighted by atomic mass is 10.1. The van der Waals surface area contributed by atoms with Crippen LogP contribution in [0.3, 0.4) is 0 Å². The van der Waals surface area contributed by atoms with Crippen molar-refractivity contribution in [3.05, 3.63) is 29.3 Å². The number of ether oxygens (including phenoxy) is 1. The van der Waals surface area contributed by atoms with E-state index in [9.17, 15) is 5.11 Å². The average Bonchev–Trinajstić information content (AvgIpc) is 2.56. The molecule has 1 aromatic carbocycles. The van der Waals surface area contributed by atoms with Crippen LogP contribution in [0.1, 0.15) is 30.4 Å². The van der Waals surface area contributed by atoms with Crippen molar-refractivity contribution in [3.63, 3.8) is 0 Å². The maximum atomic E-state index is 9.47. The number of methoxy groups -OCH3 is 1. The fourth-order valence-electron chi connectivity index (χ4n) is 2.76. The minimum absolute atomic E-state index is 0.0984. The summed E-state index contributed by atoms with van der Waals surface area (Å²) in [6.07, 6.45) is 2.79. The number of aliphatic hydroxyl groups excluding tert-OH is 1.